The van der Waals surface area contributed by atoms with E-state index in [0.29, 0.717) is 31.9 Å². The molecule has 2 N–H and O–H groups in total. The summed E-state index contributed by atoms with van der Waals surface area (Å²) in [6.07, 6.45) is 0. The van der Waals surface area contributed by atoms with Crippen molar-refractivity contribution in [3.05, 3.63) is 65.2 Å². The molecule has 1 aliphatic heterocycles. The lowest BCUT2D eigenvalue weighted by molar-refractivity contribution is -0.124. The van der Waals surface area contributed by atoms with Crippen molar-refractivity contribution >= 4 is 21.8 Å². The van der Waals surface area contributed by atoms with Crippen LogP contribution < -0.4 is 10.6 Å². The summed E-state index contributed by atoms with van der Waals surface area (Å²) in [5.74, 6) is -0.711. The first-order chi connectivity index (χ1) is 15.7. The molecular weight excluding hydrogens is 442 g/mol. The van der Waals surface area contributed by atoms with Crippen LogP contribution in [0, 0.1) is 12.8 Å². The lowest BCUT2D eigenvalue weighted by Crippen LogP contribution is -2.49. The van der Waals surface area contributed by atoms with E-state index in [1.54, 1.807) is 36.4 Å². The van der Waals surface area contributed by atoms with Crippen molar-refractivity contribution in [2.45, 2.75) is 38.3 Å². The SMILES string of the molecule is Cc1ccc(C(=O)N[C@H](C(=O)NCc2ccc(S(=O)(=O)N3CCOCC3)cc2)C(C)C)cc1. The third-order valence-corrected chi connectivity index (χ3v) is 7.46. The van der Waals surface area contributed by atoms with E-state index in [9.17, 15) is 18.0 Å². The Bertz CT molecular complexity index is 1060. The first kappa shape index (κ1) is 24.9. The largest absolute Gasteiger partial charge is 0.379 e. The second-order valence-corrected chi connectivity index (χ2v) is 10.4. The number of carbonyl (C=O) groups is 2. The molecule has 1 aliphatic rings. The van der Waals surface area contributed by atoms with Gasteiger partial charge in [0.15, 0.2) is 0 Å². The Morgan fingerprint density at radius 3 is 2.18 bits per heavy atom. The van der Waals surface area contributed by atoms with Crippen LogP contribution in [0.15, 0.2) is 53.4 Å². The van der Waals surface area contributed by atoms with Gasteiger partial charge in [-0.15, -0.1) is 0 Å². The van der Waals surface area contributed by atoms with Gasteiger partial charge in [0.05, 0.1) is 18.1 Å². The zero-order valence-electron chi connectivity index (χ0n) is 19.2. The highest BCUT2D eigenvalue weighted by Crippen LogP contribution is 2.18. The number of rotatable bonds is 8. The van der Waals surface area contributed by atoms with Gasteiger partial charge in [0.25, 0.3) is 5.91 Å². The van der Waals surface area contributed by atoms with Crippen molar-refractivity contribution in [1.82, 2.24) is 14.9 Å². The maximum Gasteiger partial charge on any atom is 0.251 e. The highest BCUT2D eigenvalue weighted by Gasteiger charge is 2.27. The quantitative estimate of drug-likeness (QED) is 0.611. The summed E-state index contributed by atoms with van der Waals surface area (Å²) in [5.41, 5.74) is 2.31. The fourth-order valence-corrected chi connectivity index (χ4v) is 4.89. The Morgan fingerprint density at radius 1 is 1.00 bits per heavy atom. The van der Waals surface area contributed by atoms with Gasteiger partial charge in [-0.2, -0.15) is 4.31 Å². The molecule has 2 aromatic rings. The number of morpholine rings is 1. The molecule has 0 radical (unpaired) electrons. The van der Waals surface area contributed by atoms with Crippen LogP contribution in [0.25, 0.3) is 0 Å². The van der Waals surface area contributed by atoms with E-state index in [1.165, 1.54) is 4.31 Å². The summed E-state index contributed by atoms with van der Waals surface area (Å²) in [6.45, 7) is 7.35. The molecule has 1 heterocycles. The van der Waals surface area contributed by atoms with Crippen molar-refractivity contribution in [2.24, 2.45) is 5.92 Å². The third kappa shape index (κ3) is 6.40. The predicted octanol–water partition coefficient (Wildman–Crippen LogP) is 2.09. The molecule has 0 spiro atoms. The Hall–Kier alpha value is -2.75. The fraction of sp³-hybridized carbons (Fsp3) is 0.417. The zero-order chi connectivity index (χ0) is 24.0. The van der Waals surface area contributed by atoms with Crippen LogP contribution in [0.4, 0.5) is 0 Å². The number of hydrogen-bond acceptors (Lipinski definition) is 5. The molecule has 9 heteroatoms. The second kappa shape index (κ2) is 10.9. The van der Waals surface area contributed by atoms with E-state index in [2.05, 4.69) is 10.6 Å². The van der Waals surface area contributed by atoms with Crippen molar-refractivity contribution in [1.29, 1.82) is 0 Å². The van der Waals surface area contributed by atoms with Crippen LogP contribution in [-0.4, -0.2) is 56.9 Å². The number of aryl methyl sites for hydroxylation is 1. The average molecular weight is 474 g/mol. The van der Waals surface area contributed by atoms with Gasteiger partial charge in [0, 0.05) is 25.2 Å². The van der Waals surface area contributed by atoms with Gasteiger partial charge < -0.3 is 15.4 Å². The molecule has 1 saturated heterocycles. The minimum atomic E-state index is -3.56. The molecule has 0 aliphatic carbocycles. The molecule has 1 atom stereocenters. The summed E-state index contributed by atoms with van der Waals surface area (Å²) in [4.78, 5) is 25.5. The Labute approximate surface area is 195 Å². The van der Waals surface area contributed by atoms with Gasteiger partial charge in [-0.3, -0.25) is 9.59 Å². The molecule has 0 bridgehead atoms. The maximum absolute atomic E-state index is 12.8. The van der Waals surface area contributed by atoms with E-state index in [-0.39, 0.29) is 29.2 Å². The van der Waals surface area contributed by atoms with Crippen LogP contribution in [0.1, 0.15) is 35.3 Å². The molecule has 0 unspecified atom stereocenters. The van der Waals surface area contributed by atoms with Crippen molar-refractivity contribution in [3.8, 4) is 0 Å². The Balaban J connectivity index is 1.59. The summed E-state index contributed by atoms with van der Waals surface area (Å²) >= 11 is 0. The van der Waals surface area contributed by atoms with Gasteiger partial charge in [-0.05, 0) is 42.7 Å². The molecule has 1 fully saturated rings. The number of sulfonamides is 1. The smallest absolute Gasteiger partial charge is 0.251 e. The summed E-state index contributed by atoms with van der Waals surface area (Å²) in [6, 6.07) is 12.9. The number of benzene rings is 2. The second-order valence-electron chi connectivity index (χ2n) is 8.44. The van der Waals surface area contributed by atoms with Gasteiger partial charge in [0.2, 0.25) is 15.9 Å². The number of carbonyl (C=O) groups excluding carboxylic acids is 2. The minimum absolute atomic E-state index is 0.111. The van der Waals surface area contributed by atoms with E-state index in [4.69, 9.17) is 4.74 Å². The summed E-state index contributed by atoms with van der Waals surface area (Å²) < 4.78 is 32.1. The third-order valence-electron chi connectivity index (χ3n) is 5.55. The van der Waals surface area contributed by atoms with E-state index >= 15 is 0 Å². The minimum Gasteiger partial charge on any atom is -0.379 e. The molecule has 2 amide bonds. The highest BCUT2D eigenvalue weighted by molar-refractivity contribution is 7.89. The van der Waals surface area contributed by atoms with Crippen molar-refractivity contribution < 1.29 is 22.7 Å². The maximum atomic E-state index is 12.8. The van der Waals surface area contributed by atoms with Gasteiger partial charge in [-0.1, -0.05) is 43.7 Å². The molecule has 2 aromatic carbocycles. The lowest BCUT2D eigenvalue weighted by atomic mass is 10.0. The number of amides is 2. The van der Waals surface area contributed by atoms with Crippen LogP contribution in [0.5, 0.6) is 0 Å². The number of nitrogens with zero attached hydrogens (tertiary/aromatic N) is 1. The van der Waals surface area contributed by atoms with Crippen LogP contribution >= 0.6 is 0 Å². The summed E-state index contributed by atoms with van der Waals surface area (Å²) in [7, 11) is -3.56. The molecule has 178 valence electrons. The lowest BCUT2D eigenvalue weighted by Gasteiger charge is -2.26. The van der Waals surface area contributed by atoms with Crippen molar-refractivity contribution in [3.63, 3.8) is 0 Å². The van der Waals surface area contributed by atoms with Crippen LogP contribution in [0.2, 0.25) is 0 Å². The normalized spacial score (nSPS) is 15.8. The van der Waals surface area contributed by atoms with E-state index in [0.717, 1.165) is 11.1 Å². The summed E-state index contributed by atoms with van der Waals surface area (Å²) in [5, 5.41) is 5.65. The zero-order valence-corrected chi connectivity index (χ0v) is 20.0. The van der Waals surface area contributed by atoms with Gasteiger partial charge in [-0.25, -0.2) is 8.42 Å². The molecular formula is C24H31N3O5S. The average Bonchev–Trinajstić information content (AvgIpc) is 2.82. The van der Waals surface area contributed by atoms with Gasteiger partial charge >= 0.3 is 0 Å². The van der Waals surface area contributed by atoms with E-state index in [1.807, 2.05) is 32.9 Å². The predicted molar refractivity (Wildman–Crippen MR) is 125 cm³/mol. The number of hydrogen-bond donors (Lipinski definition) is 2. The highest BCUT2D eigenvalue weighted by atomic mass is 32.2. The fourth-order valence-electron chi connectivity index (χ4n) is 3.48. The first-order valence-corrected chi connectivity index (χ1v) is 12.4. The van der Waals surface area contributed by atoms with Crippen LogP contribution in [-0.2, 0) is 26.1 Å². The molecule has 8 nitrogen and oxygen atoms in total. The molecule has 33 heavy (non-hydrogen) atoms. The Morgan fingerprint density at radius 2 is 1.61 bits per heavy atom. The number of nitrogens with one attached hydrogen (secondary N) is 2. The molecule has 3 rings (SSSR count). The molecule has 0 aromatic heterocycles. The Kier molecular flexibility index (Phi) is 8.23. The van der Waals surface area contributed by atoms with E-state index < -0.39 is 16.1 Å². The first-order valence-electron chi connectivity index (χ1n) is 11.0. The van der Waals surface area contributed by atoms with Crippen molar-refractivity contribution in [2.75, 3.05) is 26.3 Å². The standard InChI is InChI=1S/C24H31N3O5S/c1-17(2)22(26-23(28)20-8-4-18(3)5-9-20)24(29)25-16-19-6-10-21(11-7-19)33(30,31)27-12-14-32-15-13-27/h4-11,17,22H,12-16H2,1-3H3,(H,25,29)(H,26,28)/t22-/m0/s1. The molecule has 0 saturated carbocycles. The van der Waals surface area contributed by atoms with Crippen LogP contribution in [0.3, 0.4) is 0 Å². The topological polar surface area (TPSA) is 105 Å². The van der Waals surface area contributed by atoms with Gasteiger partial charge in [0.1, 0.15) is 6.04 Å². The monoisotopic (exact) mass is 473 g/mol. The number of ether oxygens (including phenoxy) is 1.